The third-order valence-corrected chi connectivity index (χ3v) is 8.75. The highest BCUT2D eigenvalue weighted by molar-refractivity contribution is 6.78. The number of hydrogen-bond acceptors (Lipinski definition) is 2. The van der Waals surface area contributed by atoms with Gasteiger partial charge in [-0.2, -0.15) is 5.10 Å². The van der Waals surface area contributed by atoms with Crippen LogP contribution in [-0.2, 0) is 4.79 Å². The van der Waals surface area contributed by atoms with Crippen LogP contribution in [0.25, 0.3) is 0 Å². The summed E-state index contributed by atoms with van der Waals surface area (Å²) in [5.74, 6) is 0.838. The normalized spacial score (nSPS) is 11.6. The maximum atomic E-state index is 11.2. The van der Waals surface area contributed by atoms with Gasteiger partial charge in [-0.05, 0) is 25.1 Å². The van der Waals surface area contributed by atoms with Gasteiger partial charge in [-0.3, -0.25) is 9.14 Å². The summed E-state index contributed by atoms with van der Waals surface area (Å²) < 4.78 is 2.13. The van der Waals surface area contributed by atoms with E-state index in [4.69, 9.17) is 0 Å². The average molecular weight is 253 g/mol. The number of carbonyl (C=O) groups is 1. The van der Waals surface area contributed by atoms with Crippen molar-refractivity contribution in [2.75, 3.05) is 5.32 Å². The Balaban J connectivity index is 3.22. The topological polar surface area (TPSA) is 46.9 Å². The van der Waals surface area contributed by atoms with Crippen molar-refractivity contribution in [3.63, 3.8) is 0 Å². The van der Waals surface area contributed by atoms with Gasteiger partial charge in [-0.1, -0.05) is 20.8 Å². The van der Waals surface area contributed by atoms with Crippen molar-refractivity contribution in [1.29, 1.82) is 0 Å². The molecule has 96 valence electrons. The van der Waals surface area contributed by atoms with Crippen molar-refractivity contribution in [2.45, 2.75) is 52.8 Å². The Morgan fingerprint density at radius 2 is 1.88 bits per heavy atom. The number of amides is 1. The molecule has 0 saturated carbocycles. The minimum Gasteiger partial charge on any atom is -0.312 e. The second-order valence-corrected chi connectivity index (χ2v) is 9.54. The Hall–Kier alpha value is -1.10. The number of anilines is 1. The fourth-order valence-corrected chi connectivity index (χ4v) is 5.73. The fourth-order valence-electron chi connectivity index (χ4n) is 2.33. The van der Waals surface area contributed by atoms with Gasteiger partial charge in [0.05, 0.1) is 5.69 Å². The van der Waals surface area contributed by atoms with Crippen LogP contribution in [0.1, 0.15) is 33.4 Å². The molecule has 1 aromatic rings. The highest BCUT2D eigenvalue weighted by Gasteiger charge is 2.33. The van der Waals surface area contributed by atoms with Crippen LogP contribution in [0.3, 0.4) is 0 Å². The minimum absolute atomic E-state index is 0.0302. The van der Waals surface area contributed by atoms with Crippen molar-refractivity contribution in [2.24, 2.45) is 0 Å². The second kappa shape index (κ2) is 5.49. The van der Waals surface area contributed by atoms with Crippen LogP contribution in [-0.4, -0.2) is 23.6 Å². The van der Waals surface area contributed by atoms with Gasteiger partial charge in [-0.15, -0.1) is 0 Å². The van der Waals surface area contributed by atoms with Crippen LogP contribution in [0.2, 0.25) is 18.1 Å². The van der Waals surface area contributed by atoms with Crippen LogP contribution in [0.15, 0.2) is 6.07 Å². The summed E-state index contributed by atoms with van der Waals surface area (Å²) in [5.41, 5.74) is 0.973. The summed E-state index contributed by atoms with van der Waals surface area (Å²) in [5, 5.41) is 7.51. The molecule has 0 aliphatic carbocycles. The van der Waals surface area contributed by atoms with E-state index in [2.05, 4.69) is 35.5 Å². The average Bonchev–Trinajstić information content (AvgIpc) is 2.63. The van der Waals surface area contributed by atoms with Crippen LogP contribution < -0.4 is 5.32 Å². The van der Waals surface area contributed by atoms with E-state index in [-0.39, 0.29) is 5.91 Å². The first kappa shape index (κ1) is 14.0. The van der Waals surface area contributed by atoms with Gasteiger partial charge in [0.2, 0.25) is 5.91 Å². The Labute approximate surface area is 104 Å². The summed E-state index contributed by atoms with van der Waals surface area (Å²) in [6.07, 6.45) is 0. The minimum atomic E-state index is -1.59. The summed E-state index contributed by atoms with van der Waals surface area (Å²) in [4.78, 5) is 11.2. The third kappa shape index (κ3) is 2.77. The second-order valence-electron chi connectivity index (χ2n) is 4.55. The molecule has 0 atom stereocenters. The molecule has 0 aromatic carbocycles. The number of aryl methyl sites for hydroxylation is 1. The third-order valence-electron chi connectivity index (χ3n) is 3.56. The molecule has 0 radical (unpaired) electrons. The Kier molecular flexibility index (Phi) is 4.51. The molecule has 0 spiro atoms. The number of aromatic nitrogens is 2. The zero-order chi connectivity index (χ0) is 13.1. The van der Waals surface area contributed by atoms with Crippen LogP contribution in [0.5, 0.6) is 0 Å². The molecule has 0 unspecified atom stereocenters. The quantitative estimate of drug-likeness (QED) is 0.820. The summed E-state index contributed by atoms with van der Waals surface area (Å²) in [6, 6.07) is 5.40. The van der Waals surface area contributed by atoms with Gasteiger partial charge < -0.3 is 5.32 Å². The number of nitrogens with zero attached hydrogens (tertiary/aromatic N) is 2. The number of nitrogens with one attached hydrogen (secondary N) is 1. The molecule has 0 saturated heterocycles. The summed E-state index contributed by atoms with van der Waals surface area (Å²) in [7, 11) is -1.59. The Bertz CT molecular complexity index is 388. The first-order valence-corrected chi connectivity index (χ1v) is 8.90. The number of hydrogen-bond donors (Lipinski definition) is 1. The van der Waals surface area contributed by atoms with Gasteiger partial charge in [0, 0.05) is 13.0 Å². The largest absolute Gasteiger partial charge is 0.312 e. The smallest absolute Gasteiger partial charge is 0.222 e. The van der Waals surface area contributed by atoms with Crippen molar-refractivity contribution in [3.05, 3.63) is 11.8 Å². The standard InChI is InChI=1S/C12H23N3OSi/c1-6-17(7-2,8-3)15-12(13-11(5)16)9-10(4)14-15/h9H,6-8H2,1-5H3,(H,13,16). The van der Waals surface area contributed by atoms with Gasteiger partial charge in [0.1, 0.15) is 5.82 Å². The number of rotatable bonds is 5. The lowest BCUT2D eigenvalue weighted by atomic mass is 10.5. The lowest BCUT2D eigenvalue weighted by Gasteiger charge is -2.29. The fraction of sp³-hybridized carbons (Fsp3) is 0.667. The monoisotopic (exact) mass is 253 g/mol. The molecular formula is C12H23N3OSi. The molecule has 17 heavy (non-hydrogen) atoms. The van der Waals surface area contributed by atoms with E-state index in [0.29, 0.717) is 0 Å². The molecule has 0 aliphatic rings. The van der Waals surface area contributed by atoms with Gasteiger partial charge in [0.25, 0.3) is 0 Å². The van der Waals surface area contributed by atoms with Gasteiger partial charge in [0.15, 0.2) is 8.24 Å². The first-order valence-electron chi connectivity index (χ1n) is 6.33. The van der Waals surface area contributed by atoms with Crippen molar-refractivity contribution < 1.29 is 4.79 Å². The first-order chi connectivity index (χ1) is 7.99. The molecule has 1 heterocycles. The van der Waals surface area contributed by atoms with Crippen molar-refractivity contribution >= 4 is 20.0 Å². The predicted octanol–water partition coefficient (Wildman–Crippen LogP) is 3.00. The van der Waals surface area contributed by atoms with E-state index in [9.17, 15) is 4.79 Å². The molecule has 1 aromatic heterocycles. The molecular weight excluding hydrogens is 230 g/mol. The molecule has 5 heteroatoms. The molecule has 1 amide bonds. The molecule has 1 N–H and O–H groups in total. The van der Waals surface area contributed by atoms with Gasteiger partial charge in [-0.25, -0.2) is 0 Å². The lowest BCUT2D eigenvalue weighted by molar-refractivity contribution is -0.114. The van der Waals surface area contributed by atoms with E-state index in [1.807, 2.05) is 13.0 Å². The maximum absolute atomic E-state index is 11.2. The van der Waals surface area contributed by atoms with Crippen molar-refractivity contribution in [3.8, 4) is 0 Å². The van der Waals surface area contributed by atoms with E-state index >= 15 is 0 Å². The maximum Gasteiger partial charge on any atom is 0.222 e. The highest BCUT2D eigenvalue weighted by Crippen LogP contribution is 2.26. The summed E-state index contributed by atoms with van der Waals surface area (Å²) in [6.45, 7) is 10.2. The van der Waals surface area contributed by atoms with Gasteiger partial charge >= 0.3 is 0 Å². The molecule has 4 nitrogen and oxygen atoms in total. The van der Waals surface area contributed by atoms with Crippen LogP contribution >= 0.6 is 0 Å². The zero-order valence-corrected chi connectivity index (χ0v) is 12.5. The number of carbonyl (C=O) groups excluding carboxylic acids is 1. The van der Waals surface area contributed by atoms with E-state index < -0.39 is 8.24 Å². The van der Waals surface area contributed by atoms with Crippen molar-refractivity contribution in [1.82, 2.24) is 9.45 Å². The lowest BCUT2D eigenvalue weighted by Crippen LogP contribution is -2.43. The molecule has 0 aliphatic heterocycles. The van der Waals surface area contributed by atoms with Crippen LogP contribution in [0.4, 0.5) is 5.82 Å². The predicted molar refractivity (Wildman–Crippen MR) is 73.9 cm³/mol. The van der Waals surface area contributed by atoms with E-state index in [1.165, 1.54) is 0 Å². The Morgan fingerprint density at radius 3 is 2.29 bits per heavy atom. The molecule has 0 bridgehead atoms. The van der Waals surface area contributed by atoms with E-state index in [1.54, 1.807) is 6.92 Å². The SMILES string of the molecule is CC[Si](CC)(CC)n1nc(C)cc1NC(C)=O. The van der Waals surface area contributed by atoms with E-state index in [0.717, 1.165) is 29.6 Å². The molecule has 1 rings (SSSR count). The zero-order valence-electron chi connectivity index (χ0n) is 11.5. The molecule has 0 fully saturated rings. The Morgan fingerprint density at radius 1 is 1.35 bits per heavy atom. The van der Waals surface area contributed by atoms with Crippen LogP contribution in [0, 0.1) is 6.92 Å². The summed E-state index contributed by atoms with van der Waals surface area (Å²) >= 11 is 0. The highest BCUT2D eigenvalue weighted by atomic mass is 28.3.